The van der Waals surface area contributed by atoms with Gasteiger partial charge in [0.05, 0.1) is 18.9 Å². The lowest BCUT2D eigenvalue weighted by Crippen LogP contribution is -2.15. The van der Waals surface area contributed by atoms with Crippen LogP contribution in [0.15, 0.2) is 35.2 Å². The summed E-state index contributed by atoms with van der Waals surface area (Å²) in [5.74, 6) is -0.778. The number of hydrogen-bond acceptors (Lipinski definition) is 5. The Bertz CT molecular complexity index is 622. The SMILES string of the molecule is COc1cc(NC(=O)CC(=O)O)ccc1-c1cnco1. The number of ether oxygens (including phenoxy) is 1. The molecule has 1 heterocycles. The Labute approximate surface area is 114 Å². The number of rotatable bonds is 5. The molecule has 1 aromatic carbocycles. The summed E-state index contributed by atoms with van der Waals surface area (Å²) in [6.07, 6.45) is 2.25. The Kier molecular flexibility index (Phi) is 3.99. The maximum absolute atomic E-state index is 11.4. The Balaban J connectivity index is 2.21. The molecule has 104 valence electrons. The average Bonchev–Trinajstić information content (AvgIpc) is 2.91. The molecule has 0 spiro atoms. The van der Waals surface area contributed by atoms with Crippen LogP contribution < -0.4 is 10.1 Å². The van der Waals surface area contributed by atoms with E-state index in [1.807, 2.05) is 0 Å². The molecule has 0 fully saturated rings. The van der Waals surface area contributed by atoms with Crippen LogP contribution in [0.1, 0.15) is 6.42 Å². The lowest BCUT2D eigenvalue weighted by Gasteiger charge is -2.09. The molecule has 1 aromatic heterocycles. The van der Waals surface area contributed by atoms with Gasteiger partial charge in [-0.2, -0.15) is 0 Å². The number of carbonyl (C=O) groups is 2. The van der Waals surface area contributed by atoms with E-state index in [1.54, 1.807) is 24.4 Å². The first kappa shape index (κ1) is 13.6. The van der Waals surface area contributed by atoms with Crippen molar-refractivity contribution in [2.45, 2.75) is 6.42 Å². The Morgan fingerprint density at radius 1 is 1.45 bits per heavy atom. The minimum absolute atomic E-state index is 0.441. The first-order valence-corrected chi connectivity index (χ1v) is 5.68. The molecule has 7 heteroatoms. The van der Waals surface area contributed by atoms with Crippen LogP contribution >= 0.6 is 0 Å². The zero-order valence-electron chi connectivity index (χ0n) is 10.6. The lowest BCUT2D eigenvalue weighted by molar-refractivity contribution is -0.139. The zero-order chi connectivity index (χ0) is 14.5. The van der Waals surface area contributed by atoms with Gasteiger partial charge in [0.25, 0.3) is 0 Å². The molecule has 0 aliphatic rings. The van der Waals surface area contributed by atoms with Crippen molar-refractivity contribution in [3.05, 3.63) is 30.8 Å². The van der Waals surface area contributed by atoms with Crippen LogP contribution in [-0.4, -0.2) is 29.1 Å². The highest BCUT2D eigenvalue weighted by atomic mass is 16.5. The fourth-order valence-corrected chi connectivity index (χ4v) is 1.66. The standard InChI is InChI=1S/C13H12N2O5/c1-19-10-4-8(15-12(16)5-13(17)18)2-3-9(10)11-6-14-7-20-11/h2-4,6-7H,5H2,1H3,(H,15,16)(H,17,18). The quantitative estimate of drug-likeness (QED) is 0.807. The summed E-state index contributed by atoms with van der Waals surface area (Å²) in [5, 5.41) is 11.0. The van der Waals surface area contributed by atoms with Crippen molar-refractivity contribution in [2.75, 3.05) is 12.4 Å². The smallest absolute Gasteiger partial charge is 0.312 e. The highest BCUT2D eigenvalue weighted by molar-refractivity contribution is 6.01. The molecule has 0 unspecified atom stereocenters. The van der Waals surface area contributed by atoms with Crippen molar-refractivity contribution in [2.24, 2.45) is 0 Å². The second-order valence-corrected chi connectivity index (χ2v) is 3.90. The van der Waals surface area contributed by atoms with E-state index >= 15 is 0 Å². The van der Waals surface area contributed by atoms with E-state index in [-0.39, 0.29) is 0 Å². The third-order valence-electron chi connectivity index (χ3n) is 2.49. The summed E-state index contributed by atoms with van der Waals surface area (Å²) in [6.45, 7) is 0. The van der Waals surface area contributed by atoms with Crippen molar-refractivity contribution in [3.8, 4) is 17.1 Å². The van der Waals surface area contributed by atoms with Crippen LogP contribution in [0.4, 0.5) is 5.69 Å². The highest BCUT2D eigenvalue weighted by Crippen LogP contribution is 2.32. The van der Waals surface area contributed by atoms with Crippen molar-refractivity contribution >= 4 is 17.6 Å². The molecule has 2 aromatic rings. The van der Waals surface area contributed by atoms with E-state index in [2.05, 4.69) is 10.3 Å². The van der Waals surface area contributed by atoms with Crippen molar-refractivity contribution < 1.29 is 23.8 Å². The van der Waals surface area contributed by atoms with Gasteiger partial charge in [-0.05, 0) is 12.1 Å². The second-order valence-electron chi connectivity index (χ2n) is 3.90. The highest BCUT2D eigenvalue weighted by Gasteiger charge is 2.12. The number of carboxylic acid groups (broad SMARTS) is 1. The van der Waals surface area contributed by atoms with E-state index in [4.69, 9.17) is 14.3 Å². The predicted molar refractivity (Wildman–Crippen MR) is 69.4 cm³/mol. The monoisotopic (exact) mass is 276 g/mol. The van der Waals surface area contributed by atoms with Gasteiger partial charge in [-0.15, -0.1) is 0 Å². The number of amides is 1. The molecule has 7 nitrogen and oxygen atoms in total. The van der Waals surface area contributed by atoms with Crippen molar-refractivity contribution in [1.29, 1.82) is 0 Å². The maximum Gasteiger partial charge on any atom is 0.312 e. The third-order valence-corrected chi connectivity index (χ3v) is 2.49. The fraction of sp³-hybridized carbons (Fsp3) is 0.154. The maximum atomic E-state index is 11.4. The van der Waals surface area contributed by atoms with Gasteiger partial charge in [0.1, 0.15) is 12.2 Å². The number of hydrogen-bond donors (Lipinski definition) is 2. The van der Waals surface area contributed by atoms with Crippen LogP contribution in [0, 0.1) is 0 Å². The first-order valence-electron chi connectivity index (χ1n) is 5.68. The van der Waals surface area contributed by atoms with Gasteiger partial charge in [0.15, 0.2) is 12.2 Å². The largest absolute Gasteiger partial charge is 0.496 e. The molecule has 0 saturated carbocycles. The van der Waals surface area contributed by atoms with E-state index in [9.17, 15) is 9.59 Å². The second kappa shape index (κ2) is 5.87. The number of nitrogens with zero attached hydrogens (tertiary/aromatic N) is 1. The van der Waals surface area contributed by atoms with Crippen LogP contribution in [0.3, 0.4) is 0 Å². The van der Waals surface area contributed by atoms with Gasteiger partial charge < -0.3 is 19.6 Å². The molecule has 2 rings (SSSR count). The molecule has 0 atom stereocenters. The number of anilines is 1. The lowest BCUT2D eigenvalue weighted by atomic mass is 10.1. The summed E-state index contributed by atoms with van der Waals surface area (Å²) in [4.78, 5) is 25.6. The third kappa shape index (κ3) is 3.14. The molecule has 0 bridgehead atoms. The van der Waals surface area contributed by atoms with Gasteiger partial charge in [0, 0.05) is 11.8 Å². The minimum atomic E-state index is -1.19. The zero-order valence-corrected chi connectivity index (χ0v) is 10.6. The van der Waals surface area contributed by atoms with Gasteiger partial charge in [-0.25, -0.2) is 4.98 Å². The number of benzene rings is 1. The summed E-state index contributed by atoms with van der Waals surface area (Å²) in [5.41, 5.74) is 1.12. The first-order chi connectivity index (χ1) is 9.60. The summed E-state index contributed by atoms with van der Waals surface area (Å²) < 4.78 is 10.4. The molecular formula is C13H12N2O5. The Morgan fingerprint density at radius 2 is 2.25 bits per heavy atom. The van der Waals surface area contributed by atoms with Gasteiger partial charge in [0.2, 0.25) is 5.91 Å². The van der Waals surface area contributed by atoms with Crippen LogP contribution in [0.5, 0.6) is 5.75 Å². The molecule has 1 amide bonds. The van der Waals surface area contributed by atoms with Gasteiger partial charge in [-0.1, -0.05) is 0 Å². The average molecular weight is 276 g/mol. The van der Waals surface area contributed by atoms with E-state index in [0.717, 1.165) is 0 Å². The van der Waals surface area contributed by atoms with Crippen LogP contribution in [0.25, 0.3) is 11.3 Å². The van der Waals surface area contributed by atoms with Crippen LogP contribution in [-0.2, 0) is 9.59 Å². The van der Waals surface area contributed by atoms with Crippen molar-refractivity contribution in [1.82, 2.24) is 4.98 Å². The molecule has 20 heavy (non-hydrogen) atoms. The molecule has 0 aliphatic heterocycles. The Morgan fingerprint density at radius 3 is 2.85 bits per heavy atom. The number of oxazole rings is 1. The van der Waals surface area contributed by atoms with E-state index in [0.29, 0.717) is 22.8 Å². The number of nitrogens with one attached hydrogen (secondary N) is 1. The molecule has 0 radical (unpaired) electrons. The topological polar surface area (TPSA) is 102 Å². The predicted octanol–water partition coefficient (Wildman–Crippen LogP) is 1.76. The fourth-order valence-electron chi connectivity index (χ4n) is 1.66. The molecule has 2 N–H and O–H groups in total. The van der Waals surface area contributed by atoms with Gasteiger partial charge >= 0.3 is 5.97 Å². The summed E-state index contributed by atoms with van der Waals surface area (Å²) in [7, 11) is 1.48. The van der Waals surface area contributed by atoms with E-state index < -0.39 is 18.3 Å². The number of carboxylic acids is 1. The molecule has 0 saturated heterocycles. The van der Waals surface area contributed by atoms with Crippen LogP contribution in [0.2, 0.25) is 0 Å². The number of aromatic nitrogens is 1. The molecular weight excluding hydrogens is 264 g/mol. The number of carbonyl (C=O) groups excluding carboxylic acids is 1. The number of methoxy groups -OCH3 is 1. The molecule has 0 aliphatic carbocycles. The van der Waals surface area contributed by atoms with E-state index in [1.165, 1.54) is 13.5 Å². The van der Waals surface area contributed by atoms with Gasteiger partial charge in [-0.3, -0.25) is 9.59 Å². The normalized spacial score (nSPS) is 10.1. The minimum Gasteiger partial charge on any atom is -0.496 e. The summed E-state index contributed by atoms with van der Waals surface area (Å²) in [6, 6.07) is 4.90. The summed E-state index contributed by atoms with van der Waals surface area (Å²) >= 11 is 0. The number of aliphatic carboxylic acids is 1. The van der Waals surface area contributed by atoms with Crippen molar-refractivity contribution in [3.63, 3.8) is 0 Å². The Hall–Kier alpha value is -2.83.